The Bertz CT molecular complexity index is 1120. The van der Waals surface area contributed by atoms with Gasteiger partial charge in [0.25, 0.3) is 0 Å². The van der Waals surface area contributed by atoms with Gasteiger partial charge in [0, 0.05) is 55.5 Å². The van der Waals surface area contributed by atoms with Crippen molar-refractivity contribution in [3.05, 3.63) is 66.1 Å². The fourth-order valence-electron chi connectivity index (χ4n) is 5.53. The molecule has 3 aromatic rings. The fraction of sp³-hybridized carbons (Fsp3) is 0.407. The van der Waals surface area contributed by atoms with Crippen molar-refractivity contribution in [3.63, 3.8) is 0 Å². The lowest BCUT2D eigenvalue weighted by Gasteiger charge is -2.27. The summed E-state index contributed by atoms with van der Waals surface area (Å²) in [5.74, 6) is 1.13. The molecule has 1 aliphatic carbocycles. The third-order valence-electron chi connectivity index (χ3n) is 7.68. The Morgan fingerprint density at radius 2 is 1.75 bits per heavy atom. The van der Waals surface area contributed by atoms with E-state index in [2.05, 4.69) is 39.6 Å². The average molecular weight is 427 g/mol. The number of nitrogen functional groups attached to an aromatic ring is 1. The molecule has 1 saturated carbocycles. The molecule has 1 spiro atoms. The third-order valence-corrected chi connectivity index (χ3v) is 7.68. The molecule has 164 valence electrons. The minimum absolute atomic E-state index is 0.441. The summed E-state index contributed by atoms with van der Waals surface area (Å²) in [5.41, 5.74) is 14.1. The van der Waals surface area contributed by atoms with Crippen molar-refractivity contribution in [1.29, 1.82) is 0 Å². The molecule has 32 heavy (non-hydrogen) atoms. The Balaban J connectivity index is 1.40. The predicted octanol–water partition coefficient (Wildman–Crippen LogP) is 5.10. The van der Waals surface area contributed by atoms with Gasteiger partial charge < -0.3 is 15.8 Å². The summed E-state index contributed by atoms with van der Waals surface area (Å²) < 4.78 is 5.65. The van der Waals surface area contributed by atoms with Gasteiger partial charge in [0.15, 0.2) is 0 Å². The summed E-state index contributed by atoms with van der Waals surface area (Å²) >= 11 is 0. The second-order valence-corrected chi connectivity index (χ2v) is 9.76. The topological polar surface area (TPSA) is 73.1 Å². The van der Waals surface area contributed by atoms with E-state index in [9.17, 15) is 0 Å². The first-order valence-electron chi connectivity index (χ1n) is 11.8. The highest BCUT2D eigenvalue weighted by atomic mass is 16.5. The first kappa shape index (κ1) is 19.9. The molecule has 2 aliphatic heterocycles. The van der Waals surface area contributed by atoms with Gasteiger partial charge in [-0.25, -0.2) is 4.98 Å². The highest BCUT2D eigenvalue weighted by molar-refractivity contribution is 5.79. The van der Waals surface area contributed by atoms with Gasteiger partial charge in [-0.15, -0.1) is 0 Å². The van der Waals surface area contributed by atoms with Gasteiger partial charge in [-0.2, -0.15) is 0 Å². The third kappa shape index (κ3) is 3.70. The van der Waals surface area contributed by atoms with Crippen LogP contribution in [0.15, 0.2) is 55.0 Å². The van der Waals surface area contributed by atoms with Crippen LogP contribution >= 0.6 is 0 Å². The Labute approximate surface area is 189 Å². The molecule has 4 heterocycles. The van der Waals surface area contributed by atoms with Crippen molar-refractivity contribution >= 4 is 5.82 Å². The number of rotatable bonds is 4. The van der Waals surface area contributed by atoms with Gasteiger partial charge in [-0.1, -0.05) is 12.1 Å². The first-order valence-corrected chi connectivity index (χ1v) is 11.8. The minimum atomic E-state index is 0.441. The summed E-state index contributed by atoms with van der Waals surface area (Å²) in [5, 5.41) is 3.86. The zero-order chi connectivity index (χ0) is 21.5. The average Bonchev–Trinajstić information content (AvgIpc) is 3.48. The van der Waals surface area contributed by atoms with Crippen LogP contribution in [0.3, 0.4) is 0 Å². The van der Waals surface area contributed by atoms with E-state index in [-0.39, 0.29) is 0 Å². The maximum Gasteiger partial charge on any atom is 0.131 e. The van der Waals surface area contributed by atoms with Crippen molar-refractivity contribution in [1.82, 2.24) is 15.3 Å². The lowest BCUT2D eigenvalue weighted by atomic mass is 9.83. The van der Waals surface area contributed by atoms with Gasteiger partial charge in [0.05, 0.1) is 0 Å². The molecule has 3 N–H and O–H groups in total. The highest BCUT2D eigenvalue weighted by Crippen LogP contribution is 2.55. The largest absolute Gasteiger partial charge is 0.383 e. The van der Waals surface area contributed by atoms with E-state index in [1.165, 1.54) is 36.0 Å². The molecule has 3 fully saturated rings. The summed E-state index contributed by atoms with van der Waals surface area (Å²) in [4.78, 5) is 8.66. The molecule has 2 aromatic heterocycles. The Morgan fingerprint density at radius 1 is 0.938 bits per heavy atom. The zero-order valence-electron chi connectivity index (χ0n) is 18.4. The lowest BCUT2D eigenvalue weighted by Crippen LogP contribution is -2.20. The number of pyridine rings is 2. The van der Waals surface area contributed by atoms with Gasteiger partial charge in [0.2, 0.25) is 0 Å². The van der Waals surface area contributed by atoms with Crippen molar-refractivity contribution < 1.29 is 4.74 Å². The summed E-state index contributed by atoms with van der Waals surface area (Å²) in [7, 11) is 0. The van der Waals surface area contributed by atoms with Crippen LogP contribution in [0.5, 0.6) is 0 Å². The monoisotopic (exact) mass is 426 g/mol. The van der Waals surface area contributed by atoms with Crippen LogP contribution in [0.4, 0.5) is 5.82 Å². The van der Waals surface area contributed by atoms with Crippen LogP contribution < -0.4 is 11.1 Å². The molecule has 1 atom stereocenters. The SMILES string of the molecule is Nc1ncc(-c2ccc(C3CCOCC3)c([C@@H]3CC4(CC4)CN3)c2)cc1-c1ccncc1. The van der Waals surface area contributed by atoms with Gasteiger partial charge >= 0.3 is 0 Å². The number of nitrogens with one attached hydrogen (secondary N) is 1. The number of nitrogens with two attached hydrogens (primary N) is 1. The van der Waals surface area contributed by atoms with Gasteiger partial charge in [-0.05, 0) is 90.0 Å². The van der Waals surface area contributed by atoms with Gasteiger partial charge in [-0.3, -0.25) is 4.98 Å². The van der Waals surface area contributed by atoms with E-state index in [0.29, 0.717) is 23.2 Å². The second-order valence-electron chi connectivity index (χ2n) is 9.76. The Morgan fingerprint density at radius 3 is 2.50 bits per heavy atom. The normalized spacial score (nSPS) is 22.3. The summed E-state index contributed by atoms with van der Waals surface area (Å²) in [6, 6.07) is 13.6. The standard InChI is InChI=1S/C27H30N4O/c28-26-23(18-3-9-29-10-4-18)14-21(16-30-26)20-1-2-22(19-5-11-32-12-6-19)24(13-20)25-15-27(7-8-27)17-31-25/h1-4,9-10,13-14,16,19,25,31H,5-8,11-12,15,17H2,(H2,28,30)/t25-/m0/s1. The van der Waals surface area contributed by atoms with Crippen molar-refractivity contribution in [2.24, 2.45) is 5.41 Å². The molecule has 0 amide bonds. The van der Waals surface area contributed by atoms with Crippen LogP contribution in [0.1, 0.15) is 55.2 Å². The van der Waals surface area contributed by atoms with E-state index in [1.54, 1.807) is 12.4 Å². The van der Waals surface area contributed by atoms with Crippen LogP contribution in [0.25, 0.3) is 22.3 Å². The maximum absolute atomic E-state index is 6.23. The number of anilines is 1. The van der Waals surface area contributed by atoms with Crippen LogP contribution in [0, 0.1) is 5.41 Å². The molecular weight excluding hydrogens is 396 g/mol. The zero-order valence-corrected chi connectivity index (χ0v) is 18.4. The van der Waals surface area contributed by atoms with E-state index in [1.807, 2.05) is 18.3 Å². The molecule has 2 saturated heterocycles. The minimum Gasteiger partial charge on any atom is -0.383 e. The molecule has 0 bridgehead atoms. The second kappa shape index (κ2) is 7.98. The summed E-state index contributed by atoms with van der Waals surface area (Å²) in [6.07, 6.45) is 11.7. The molecule has 5 heteroatoms. The Kier molecular flexibility index (Phi) is 4.96. The number of benzene rings is 1. The van der Waals surface area contributed by atoms with Crippen LogP contribution in [-0.4, -0.2) is 29.7 Å². The molecule has 6 rings (SSSR count). The Hall–Kier alpha value is -2.76. The predicted molar refractivity (Wildman–Crippen MR) is 127 cm³/mol. The molecule has 5 nitrogen and oxygen atoms in total. The quantitative estimate of drug-likeness (QED) is 0.607. The number of aromatic nitrogens is 2. The van der Waals surface area contributed by atoms with Crippen molar-refractivity contribution in [2.75, 3.05) is 25.5 Å². The summed E-state index contributed by atoms with van der Waals surface area (Å²) in [6.45, 7) is 2.89. The van der Waals surface area contributed by atoms with E-state index in [0.717, 1.165) is 49.3 Å². The number of hydrogen-bond donors (Lipinski definition) is 2. The van der Waals surface area contributed by atoms with Crippen molar-refractivity contribution in [2.45, 2.75) is 44.1 Å². The van der Waals surface area contributed by atoms with Crippen LogP contribution in [0.2, 0.25) is 0 Å². The smallest absolute Gasteiger partial charge is 0.131 e. The number of ether oxygens (including phenoxy) is 1. The van der Waals surface area contributed by atoms with Crippen molar-refractivity contribution in [3.8, 4) is 22.3 Å². The molecule has 1 aromatic carbocycles. The molecule has 0 radical (unpaired) electrons. The highest BCUT2D eigenvalue weighted by Gasteiger charge is 2.48. The van der Waals surface area contributed by atoms with Gasteiger partial charge in [0.1, 0.15) is 5.82 Å². The fourth-order valence-corrected chi connectivity index (χ4v) is 5.53. The van der Waals surface area contributed by atoms with E-state index in [4.69, 9.17) is 10.5 Å². The molecule has 0 unspecified atom stereocenters. The molecular formula is C27H30N4O. The molecule has 3 aliphatic rings. The number of nitrogens with zero attached hydrogens (tertiary/aromatic N) is 2. The van der Waals surface area contributed by atoms with E-state index < -0.39 is 0 Å². The maximum atomic E-state index is 6.23. The first-order chi connectivity index (χ1) is 15.7. The van der Waals surface area contributed by atoms with Crippen LogP contribution in [-0.2, 0) is 4.74 Å². The number of hydrogen-bond acceptors (Lipinski definition) is 5. The lowest BCUT2D eigenvalue weighted by molar-refractivity contribution is 0.0850. The van der Waals surface area contributed by atoms with E-state index >= 15 is 0 Å².